The number of hydrogen-bond donors (Lipinski definition) is 1. The molecule has 9 nitrogen and oxygen atoms in total. The van der Waals surface area contributed by atoms with Gasteiger partial charge in [0.1, 0.15) is 18.1 Å². The van der Waals surface area contributed by atoms with Gasteiger partial charge in [-0.3, -0.25) is 9.78 Å². The highest BCUT2D eigenvalue weighted by Crippen LogP contribution is 2.46. The van der Waals surface area contributed by atoms with Crippen molar-refractivity contribution in [1.82, 2.24) is 19.7 Å². The number of hydrogen-bond acceptors (Lipinski definition) is 7. The van der Waals surface area contributed by atoms with Gasteiger partial charge in [0.25, 0.3) is 5.91 Å². The normalized spacial score (nSPS) is 15.6. The molecule has 1 saturated heterocycles. The lowest BCUT2D eigenvalue weighted by Gasteiger charge is -2.41. The second kappa shape index (κ2) is 10.6. The smallest absolute Gasteiger partial charge is 0.275 e. The van der Waals surface area contributed by atoms with Crippen molar-refractivity contribution in [3.63, 3.8) is 0 Å². The second-order valence-corrected chi connectivity index (χ2v) is 11.5. The van der Waals surface area contributed by atoms with Crippen LogP contribution >= 0.6 is 23.2 Å². The summed E-state index contributed by atoms with van der Waals surface area (Å²) in [6, 6.07) is 10.7. The molecule has 2 aromatic carbocycles. The fourth-order valence-corrected chi connectivity index (χ4v) is 5.89. The summed E-state index contributed by atoms with van der Waals surface area (Å²) in [5.41, 5.74) is 4.60. The van der Waals surface area contributed by atoms with Crippen LogP contribution in [0.15, 0.2) is 48.8 Å². The van der Waals surface area contributed by atoms with E-state index in [1.54, 1.807) is 47.3 Å². The molecule has 1 N–H and O–H groups in total. The Hall–Kier alpha value is -3.63. The molecule has 2 aromatic heterocycles. The molecule has 4 heterocycles. The van der Waals surface area contributed by atoms with Crippen LogP contribution in [-0.4, -0.2) is 63.1 Å². The highest BCUT2D eigenvalue weighted by atomic mass is 35.5. The van der Waals surface area contributed by atoms with Crippen LogP contribution in [0.25, 0.3) is 28.1 Å². The lowest BCUT2D eigenvalue weighted by atomic mass is 9.95. The molecule has 0 radical (unpaired) electrons. The molecule has 0 bridgehead atoms. The summed E-state index contributed by atoms with van der Waals surface area (Å²) < 4.78 is 19.3. The Labute approximate surface area is 247 Å². The average molecular weight is 595 g/mol. The number of halogens is 2. The van der Waals surface area contributed by atoms with Gasteiger partial charge in [0.05, 0.1) is 43.9 Å². The maximum atomic E-state index is 14.1. The molecule has 0 atom stereocenters. The summed E-state index contributed by atoms with van der Waals surface area (Å²) in [5.74, 6) is 0.943. The number of ether oxygens (including phenoxy) is 3. The molecule has 1 fully saturated rings. The van der Waals surface area contributed by atoms with Gasteiger partial charge in [-0.25, -0.2) is 4.68 Å². The number of fused-ring (bicyclic) bond motifs is 3. The van der Waals surface area contributed by atoms with E-state index in [1.807, 2.05) is 32.0 Å². The molecule has 2 aliphatic rings. The number of methoxy groups -OCH3 is 1. The van der Waals surface area contributed by atoms with Gasteiger partial charge < -0.3 is 24.2 Å². The fraction of sp³-hybridized carbons (Fsp3) is 0.300. The predicted molar refractivity (Wildman–Crippen MR) is 155 cm³/mol. The van der Waals surface area contributed by atoms with Crippen LogP contribution in [0.2, 0.25) is 10.0 Å². The number of amides is 1. The largest absolute Gasteiger partial charge is 0.496 e. The number of aromatic nitrogens is 3. The summed E-state index contributed by atoms with van der Waals surface area (Å²) in [6.45, 7) is 5.26. The zero-order valence-electron chi connectivity index (χ0n) is 22.8. The van der Waals surface area contributed by atoms with E-state index in [-0.39, 0.29) is 24.8 Å². The SMILES string of the molecule is COc1cc2c(cc1-c1cncc(CO)c1)-c1c(c(C(=O)N3CCOCC3(C)C)nn1-c1cc(Cl)cc(Cl)c1)CO2. The molecule has 0 saturated carbocycles. The Morgan fingerprint density at radius 3 is 2.59 bits per heavy atom. The third kappa shape index (κ3) is 4.93. The molecule has 11 heteroatoms. The molecular weight excluding hydrogens is 567 g/mol. The van der Waals surface area contributed by atoms with Crippen LogP contribution in [0, 0.1) is 0 Å². The van der Waals surface area contributed by atoms with Crippen molar-refractivity contribution in [3.8, 4) is 39.6 Å². The van der Waals surface area contributed by atoms with Crippen LogP contribution in [-0.2, 0) is 18.0 Å². The first-order valence-electron chi connectivity index (χ1n) is 13.1. The van der Waals surface area contributed by atoms with Crippen molar-refractivity contribution < 1.29 is 24.1 Å². The third-order valence-electron chi connectivity index (χ3n) is 7.39. The molecule has 6 rings (SSSR count). The van der Waals surface area contributed by atoms with E-state index < -0.39 is 5.54 Å². The minimum atomic E-state index is -0.510. The van der Waals surface area contributed by atoms with E-state index in [0.29, 0.717) is 69.4 Å². The topological polar surface area (TPSA) is 98.9 Å². The first-order chi connectivity index (χ1) is 19.7. The Morgan fingerprint density at radius 1 is 1.10 bits per heavy atom. The average Bonchev–Trinajstić information content (AvgIpc) is 3.35. The van der Waals surface area contributed by atoms with Crippen molar-refractivity contribution in [2.45, 2.75) is 32.6 Å². The van der Waals surface area contributed by atoms with Gasteiger partial charge in [-0.1, -0.05) is 23.2 Å². The zero-order chi connectivity index (χ0) is 28.9. The number of morpholine rings is 1. The molecule has 0 aliphatic carbocycles. The van der Waals surface area contributed by atoms with Crippen molar-refractivity contribution in [2.24, 2.45) is 0 Å². The lowest BCUT2D eigenvalue weighted by molar-refractivity contribution is -0.0374. The quantitative estimate of drug-likeness (QED) is 0.323. The molecule has 2 aliphatic heterocycles. The molecule has 212 valence electrons. The Balaban J connectivity index is 1.59. The number of benzene rings is 2. The summed E-state index contributed by atoms with van der Waals surface area (Å²) in [4.78, 5) is 20.2. The van der Waals surface area contributed by atoms with Gasteiger partial charge in [-0.15, -0.1) is 0 Å². The van der Waals surface area contributed by atoms with E-state index in [1.165, 1.54) is 0 Å². The summed E-state index contributed by atoms with van der Waals surface area (Å²) >= 11 is 12.8. The van der Waals surface area contributed by atoms with Crippen LogP contribution in [0.1, 0.15) is 35.5 Å². The number of nitrogens with zero attached hydrogens (tertiary/aromatic N) is 4. The van der Waals surface area contributed by atoms with Gasteiger partial charge in [-0.2, -0.15) is 5.10 Å². The highest BCUT2D eigenvalue weighted by Gasteiger charge is 2.39. The zero-order valence-corrected chi connectivity index (χ0v) is 24.3. The van der Waals surface area contributed by atoms with E-state index in [9.17, 15) is 9.90 Å². The summed E-state index contributed by atoms with van der Waals surface area (Å²) in [6.07, 6.45) is 3.32. The van der Waals surface area contributed by atoms with E-state index >= 15 is 0 Å². The monoisotopic (exact) mass is 594 g/mol. The first-order valence-corrected chi connectivity index (χ1v) is 13.8. The fourth-order valence-electron chi connectivity index (χ4n) is 5.38. The van der Waals surface area contributed by atoms with E-state index in [4.69, 9.17) is 42.5 Å². The standard InChI is InChI=1S/C30H28Cl2N4O5/c1-30(2)16-40-5-4-35(30)29(38)27-24-15-41-26-11-25(39-3)22(18-6-17(14-37)12-33-13-18)10-23(26)28(24)36(34-27)21-8-19(31)7-20(32)9-21/h6-13,37H,4-5,14-16H2,1-3H3. The highest BCUT2D eigenvalue weighted by molar-refractivity contribution is 6.34. The summed E-state index contributed by atoms with van der Waals surface area (Å²) in [5, 5.41) is 15.4. The van der Waals surface area contributed by atoms with Crippen molar-refractivity contribution in [2.75, 3.05) is 26.9 Å². The van der Waals surface area contributed by atoms with Crippen LogP contribution in [0.3, 0.4) is 0 Å². The van der Waals surface area contributed by atoms with Gasteiger partial charge in [0.15, 0.2) is 5.69 Å². The number of carbonyl (C=O) groups is 1. The van der Waals surface area contributed by atoms with Crippen LogP contribution in [0.4, 0.5) is 0 Å². The first kappa shape index (κ1) is 27.5. The van der Waals surface area contributed by atoms with Crippen molar-refractivity contribution in [3.05, 3.63) is 75.7 Å². The second-order valence-electron chi connectivity index (χ2n) is 10.6. The van der Waals surface area contributed by atoms with Crippen LogP contribution in [0.5, 0.6) is 11.5 Å². The maximum Gasteiger partial charge on any atom is 0.275 e. The number of aliphatic hydroxyl groups is 1. The minimum absolute atomic E-state index is 0.131. The third-order valence-corrected chi connectivity index (χ3v) is 7.82. The van der Waals surface area contributed by atoms with Crippen LogP contribution < -0.4 is 9.47 Å². The molecule has 0 unspecified atom stereocenters. The number of pyridine rings is 1. The Morgan fingerprint density at radius 2 is 1.88 bits per heavy atom. The molecule has 41 heavy (non-hydrogen) atoms. The van der Waals surface area contributed by atoms with Crippen molar-refractivity contribution in [1.29, 1.82) is 0 Å². The minimum Gasteiger partial charge on any atom is -0.496 e. The van der Waals surface area contributed by atoms with Gasteiger partial charge in [0, 0.05) is 57.3 Å². The van der Waals surface area contributed by atoms with Crippen molar-refractivity contribution >= 4 is 29.1 Å². The Bertz CT molecular complexity index is 1650. The summed E-state index contributed by atoms with van der Waals surface area (Å²) in [7, 11) is 1.59. The molecule has 4 aromatic rings. The van der Waals surface area contributed by atoms with Gasteiger partial charge >= 0.3 is 0 Å². The molecular formula is C30H28Cl2N4O5. The van der Waals surface area contributed by atoms with E-state index in [0.717, 1.165) is 11.1 Å². The van der Waals surface area contributed by atoms with E-state index in [2.05, 4.69) is 4.98 Å². The molecule has 0 spiro atoms. The lowest BCUT2D eigenvalue weighted by Crippen LogP contribution is -2.55. The van der Waals surface area contributed by atoms with Gasteiger partial charge in [-0.05, 0) is 49.7 Å². The predicted octanol–water partition coefficient (Wildman–Crippen LogP) is 5.55. The number of rotatable bonds is 5. The number of carbonyl (C=O) groups excluding carboxylic acids is 1. The Kier molecular flexibility index (Phi) is 7.15. The van der Waals surface area contributed by atoms with Gasteiger partial charge in [0.2, 0.25) is 0 Å². The molecule has 1 amide bonds. The maximum absolute atomic E-state index is 14.1. The number of aliphatic hydroxyl groups excluding tert-OH is 1.